The van der Waals surface area contributed by atoms with Crippen LogP contribution in [0.15, 0.2) is 0 Å². The number of likely N-dealkylation sites (tertiary alicyclic amines) is 1. The van der Waals surface area contributed by atoms with Crippen LogP contribution in [0.25, 0.3) is 0 Å². The van der Waals surface area contributed by atoms with Crippen LogP contribution in [0.1, 0.15) is 39.5 Å². The van der Waals surface area contributed by atoms with Crippen LogP contribution in [0, 0.1) is 5.41 Å². The average molecular weight is 255 g/mol. The summed E-state index contributed by atoms with van der Waals surface area (Å²) >= 11 is 0. The molecule has 3 nitrogen and oxygen atoms in total. The minimum atomic E-state index is 0.445. The van der Waals surface area contributed by atoms with E-state index in [0.29, 0.717) is 5.41 Å². The lowest BCUT2D eigenvalue weighted by Gasteiger charge is -2.37. The van der Waals surface area contributed by atoms with Crippen LogP contribution >= 0.6 is 0 Å². The number of rotatable bonds is 8. The van der Waals surface area contributed by atoms with Gasteiger partial charge in [-0.2, -0.15) is 0 Å². The second-order valence-electron chi connectivity index (χ2n) is 6.21. The first kappa shape index (κ1) is 15.9. The monoisotopic (exact) mass is 255 g/mol. The SMILES string of the molecule is CCC(CC)(CNC)CN(C)CC1CCCN1C. The molecular weight excluding hydrogens is 222 g/mol. The van der Waals surface area contributed by atoms with Crippen LogP contribution < -0.4 is 5.32 Å². The normalized spacial score (nSPS) is 22.0. The van der Waals surface area contributed by atoms with Gasteiger partial charge in [0.05, 0.1) is 0 Å². The molecule has 1 saturated heterocycles. The van der Waals surface area contributed by atoms with E-state index in [1.54, 1.807) is 0 Å². The zero-order valence-electron chi connectivity index (χ0n) is 13.1. The number of hydrogen-bond acceptors (Lipinski definition) is 3. The predicted octanol–water partition coefficient (Wildman–Crippen LogP) is 2.04. The summed E-state index contributed by atoms with van der Waals surface area (Å²) in [6.07, 6.45) is 5.26. The third kappa shape index (κ3) is 4.22. The second kappa shape index (κ2) is 7.46. The Balaban J connectivity index is 2.47. The summed E-state index contributed by atoms with van der Waals surface area (Å²) in [6, 6.07) is 0.774. The molecule has 108 valence electrons. The molecule has 0 aromatic carbocycles. The fraction of sp³-hybridized carbons (Fsp3) is 1.00. The van der Waals surface area contributed by atoms with Crippen molar-refractivity contribution in [3.63, 3.8) is 0 Å². The summed E-state index contributed by atoms with van der Waals surface area (Å²) in [5, 5.41) is 3.38. The van der Waals surface area contributed by atoms with Crippen LogP contribution in [-0.4, -0.2) is 63.2 Å². The van der Waals surface area contributed by atoms with E-state index in [4.69, 9.17) is 0 Å². The van der Waals surface area contributed by atoms with Gasteiger partial charge in [-0.05, 0) is 58.8 Å². The molecule has 1 atom stereocenters. The molecule has 0 bridgehead atoms. The third-order valence-electron chi connectivity index (χ3n) is 4.85. The molecule has 1 heterocycles. The second-order valence-corrected chi connectivity index (χ2v) is 6.21. The Kier molecular flexibility index (Phi) is 6.61. The molecule has 0 aromatic heterocycles. The van der Waals surface area contributed by atoms with E-state index < -0.39 is 0 Å². The summed E-state index contributed by atoms with van der Waals surface area (Å²) in [4.78, 5) is 5.07. The highest BCUT2D eigenvalue weighted by Gasteiger charge is 2.29. The zero-order valence-corrected chi connectivity index (χ0v) is 13.1. The highest BCUT2D eigenvalue weighted by Crippen LogP contribution is 2.27. The van der Waals surface area contributed by atoms with Gasteiger partial charge in [-0.15, -0.1) is 0 Å². The zero-order chi connectivity index (χ0) is 13.6. The smallest absolute Gasteiger partial charge is 0.0220 e. The summed E-state index contributed by atoms with van der Waals surface area (Å²) in [6.45, 7) is 9.51. The standard InChI is InChI=1S/C15H33N3/c1-6-15(7-2,12-16-3)13-17(4)11-14-9-8-10-18(14)5/h14,16H,6-13H2,1-5H3. The van der Waals surface area contributed by atoms with Crippen molar-refractivity contribution < 1.29 is 0 Å². The summed E-state index contributed by atoms with van der Waals surface area (Å²) < 4.78 is 0. The van der Waals surface area contributed by atoms with Crippen molar-refractivity contribution in [2.24, 2.45) is 5.41 Å². The molecule has 1 aliphatic rings. The summed E-state index contributed by atoms with van der Waals surface area (Å²) in [5.41, 5.74) is 0.445. The Labute approximate surface area is 114 Å². The molecule has 0 aromatic rings. The van der Waals surface area contributed by atoms with Crippen molar-refractivity contribution in [2.45, 2.75) is 45.6 Å². The lowest BCUT2D eigenvalue weighted by Crippen LogP contribution is -2.45. The van der Waals surface area contributed by atoms with Crippen molar-refractivity contribution in [1.29, 1.82) is 0 Å². The van der Waals surface area contributed by atoms with Gasteiger partial charge in [0.2, 0.25) is 0 Å². The van der Waals surface area contributed by atoms with Gasteiger partial charge in [-0.1, -0.05) is 13.8 Å². The maximum atomic E-state index is 3.38. The van der Waals surface area contributed by atoms with E-state index in [2.05, 4.69) is 50.1 Å². The molecule has 0 saturated carbocycles. The molecule has 1 aliphatic heterocycles. The van der Waals surface area contributed by atoms with Gasteiger partial charge >= 0.3 is 0 Å². The summed E-state index contributed by atoms with van der Waals surface area (Å²) in [7, 11) is 6.64. The highest BCUT2D eigenvalue weighted by molar-refractivity contribution is 4.85. The quantitative estimate of drug-likeness (QED) is 0.716. The van der Waals surface area contributed by atoms with Gasteiger partial charge in [0.25, 0.3) is 0 Å². The number of nitrogens with one attached hydrogen (secondary N) is 1. The molecule has 3 heteroatoms. The fourth-order valence-electron chi connectivity index (χ4n) is 3.36. The van der Waals surface area contributed by atoms with E-state index in [-0.39, 0.29) is 0 Å². The Morgan fingerprint density at radius 1 is 1.33 bits per heavy atom. The van der Waals surface area contributed by atoms with E-state index in [9.17, 15) is 0 Å². The molecule has 1 fully saturated rings. The number of nitrogens with zero attached hydrogens (tertiary/aromatic N) is 2. The number of hydrogen-bond donors (Lipinski definition) is 1. The molecule has 0 radical (unpaired) electrons. The van der Waals surface area contributed by atoms with Gasteiger partial charge in [0.15, 0.2) is 0 Å². The molecule has 0 aliphatic carbocycles. The molecule has 0 spiro atoms. The van der Waals surface area contributed by atoms with Gasteiger partial charge in [0.1, 0.15) is 0 Å². The average Bonchev–Trinajstić information content (AvgIpc) is 2.74. The topological polar surface area (TPSA) is 18.5 Å². The van der Waals surface area contributed by atoms with Crippen molar-refractivity contribution in [2.75, 3.05) is 47.3 Å². The third-order valence-corrected chi connectivity index (χ3v) is 4.85. The summed E-state index contributed by atoms with van der Waals surface area (Å²) in [5.74, 6) is 0. The van der Waals surface area contributed by atoms with Crippen LogP contribution in [-0.2, 0) is 0 Å². The number of likely N-dealkylation sites (N-methyl/N-ethyl adjacent to an activating group) is 2. The molecule has 1 N–H and O–H groups in total. The molecule has 18 heavy (non-hydrogen) atoms. The molecular formula is C15H33N3. The highest BCUT2D eigenvalue weighted by atomic mass is 15.2. The van der Waals surface area contributed by atoms with Crippen molar-refractivity contribution >= 4 is 0 Å². The fourth-order valence-corrected chi connectivity index (χ4v) is 3.36. The molecule has 1 rings (SSSR count). The first-order chi connectivity index (χ1) is 8.56. The first-order valence-electron chi connectivity index (χ1n) is 7.60. The van der Waals surface area contributed by atoms with Gasteiger partial charge in [-0.3, -0.25) is 0 Å². The lowest BCUT2D eigenvalue weighted by molar-refractivity contribution is 0.133. The maximum absolute atomic E-state index is 3.38. The largest absolute Gasteiger partial charge is 0.319 e. The Morgan fingerprint density at radius 3 is 2.44 bits per heavy atom. The van der Waals surface area contributed by atoms with Gasteiger partial charge < -0.3 is 15.1 Å². The van der Waals surface area contributed by atoms with Crippen LogP contribution in [0.4, 0.5) is 0 Å². The molecule has 1 unspecified atom stereocenters. The van der Waals surface area contributed by atoms with Crippen molar-refractivity contribution in [3.05, 3.63) is 0 Å². The minimum absolute atomic E-state index is 0.445. The predicted molar refractivity (Wildman–Crippen MR) is 80.1 cm³/mol. The minimum Gasteiger partial charge on any atom is -0.319 e. The van der Waals surface area contributed by atoms with Crippen LogP contribution in [0.2, 0.25) is 0 Å². The Hall–Kier alpha value is -0.120. The Bertz CT molecular complexity index is 226. The van der Waals surface area contributed by atoms with Gasteiger partial charge in [-0.25, -0.2) is 0 Å². The lowest BCUT2D eigenvalue weighted by atomic mass is 9.81. The van der Waals surface area contributed by atoms with E-state index >= 15 is 0 Å². The first-order valence-corrected chi connectivity index (χ1v) is 7.60. The van der Waals surface area contributed by atoms with Crippen LogP contribution in [0.5, 0.6) is 0 Å². The maximum Gasteiger partial charge on any atom is 0.0220 e. The van der Waals surface area contributed by atoms with Crippen molar-refractivity contribution in [1.82, 2.24) is 15.1 Å². The van der Waals surface area contributed by atoms with E-state index in [1.165, 1.54) is 45.3 Å². The van der Waals surface area contributed by atoms with E-state index in [0.717, 1.165) is 12.6 Å². The Morgan fingerprint density at radius 2 is 2.00 bits per heavy atom. The van der Waals surface area contributed by atoms with E-state index in [1.807, 2.05) is 0 Å². The van der Waals surface area contributed by atoms with Crippen LogP contribution in [0.3, 0.4) is 0 Å². The molecule has 0 amide bonds. The van der Waals surface area contributed by atoms with Crippen molar-refractivity contribution in [3.8, 4) is 0 Å². The van der Waals surface area contributed by atoms with Gasteiger partial charge in [0, 0.05) is 25.7 Å².